The Morgan fingerprint density at radius 2 is 1.91 bits per heavy atom. The topological polar surface area (TPSA) is 64.2 Å². The molecule has 1 amide bonds. The van der Waals surface area contributed by atoms with Gasteiger partial charge in [-0.2, -0.15) is 5.10 Å². The van der Waals surface area contributed by atoms with Gasteiger partial charge in [-0.15, -0.1) is 0 Å². The van der Waals surface area contributed by atoms with Crippen LogP contribution in [0.25, 0.3) is 16.6 Å². The molecule has 5 heteroatoms. The molecule has 0 fully saturated rings. The summed E-state index contributed by atoms with van der Waals surface area (Å²) in [7, 11) is 4.10. The first-order valence-corrected chi connectivity index (χ1v) is 7.52. The van der Waals surface area contributed by atoms with Gasteiger partial charge in [0.25, 0.3) is 0 Å². The Bertz CT molecular complexity index is 834. The first kappa shape index (κ1) is 15.2. The fourth-order valence-electron chi connectivity index (χ4n) is 2.69. The summed E-state index contributed by atoms with van der Waals surface area (Å²) in [5.74, 6) is -0.347. The number of hydrogen-bond donors (Lipinski definition) is 1. The smallest absolute Gasteiger partial charge is 0.221 e. The predicted molar refractivity (Wildman–Crippen MR) is 91.4 cm³/mol. The largest absolute Gasteiger partial charge is 0.369 e. The number of rotatable bonds is 5. The van der Waals surface area contributed by atoms with Crippen LogP contribution in [-0.2, 0) is 17.8 Å². The average molecular weight is 308 g/mol. The lowest BCUT2D eigenvalue weighted by Gasteiger charge is -2.10. The first-order chi connectivity index (χ1) is 11.0. The minimum Gasteiger partial charge on any atom is -0.369 e. The standard InChI is InChI=1S/C18H20N4O/c1-21(2)11-13-6-8-16(9-7-13)22-12-15-5-3-4-14(10-17(19)23)18(15)20-22/h3-9,12H,10-11H2,1-2H3,(H2,19,23). The third-order valence-corrected chi connectivity index (χ3v) is 3.68. The number of carbonyl (C=O) groups excluding carboxylic acids is 1. The zero-order valence-electron chi connectivity index (χ0n) is 13.4. The number of nitrogens with two attached hydrogens (primary N) is 1. The molecule has 0 saturated heterocycles. The van der Waals surface area contributed by atoms with E-state index in [0.29, 0.717) is 0 Å². The Balaban J connectivity index is 1.95. The summed E-state index contributed by atoms with van der Waals surface area (Å²) in [5, 5.41) is 5.63. The lowest BCUT2D eigenvalue weighted by Crippen LogP contribution is -2.13. The molecule has 0 aliphatic rings. The lowest BCUT2D eigenvalue weighted by molar-refractivity contribution is -0.117. The summed E-state index contributed by atoms with van der Waals surface area (Å²) in [6.45, 7) is 0.907. The van der Waals surface area contributed by atoms with Gasteiger partial charge in [0.2, 0.25) is 5.91 Å². The Labute approximate surface area is 135 Å². The van der Waals surface area contributed by atoms with Crippen molar-refractivity contribution < 1.29 is 4.79 Å². The van der Waals surface area contributed by atoms with Gasteiger partial charge in [0.15, 0.2) is 0 Å². The Morgan fingerprint density at radius 3 is 2.57 bits per heavy atom. The van der Waals surface area contributed by atoms with E-state index < -0.39 is 0 Å². The van der Waals surface area contributed by atoms with Crippen molar-refractivity contribution in [3.63, 3.8) is 0 Å². The first-order valence-electron chi connectivity index (χ1n) is 7.52. The van der Waals surface area contributed by atoms with E-state index >= 15 is 0 Å². The number of fused-ring (bicyclic) bond motifs is 1. The minimum atomic E-state index is -0.347. The van der Waals surface area contributed by atoms with E-state index in [1.54, 1.807) is 0 Å². The van der Waals surface area contributed by atoms with E-state index in [4.69, 9.17) is 5.73 Å². The highest BCUT2D eigenvalue weighted by Gasteiger charge is 2.09. The molecule has 1 aromatic heterocycles. The zero-order valence-corrected chi connectivity index (χ0v) is 13.4. The maximum Gasteiger partial charge on any atom is 0.221 e. The van der Waals surface area contributed by atoms with Crippen molar-refractivity contribution in [3.8, 4) is 5.69 Å². The molecule has 0 aliphatic carbocycles. The number of aromatic nitrogens is 2. The van der Waals surface area contributed by atoms with Crippen LogP contribution in [0.1, 0.15) is 11.1 Å². The summed E-state index contributed by atoms with van der Waals surface area (Å²) in [6.07, 6.45) is 2.18. The van der Waals surface area contributed by atoms with Crippen LogP contribution in [0.2, 0.25) is 0 Å². The molecule has 0 aliphatic heterocycles. The highest BCUT2D eigenvalue weighted by molar-refractivity contribution is 5.87. The van der Waals surface area contributed by atoms with Crippen LogP contribution in [0.4, 0.5) is 0 Å². The second-order valence-corrected chi connectivity index (χ2v) is 5.98. The van der Waals surface area contributed by atoms with Crippen molar-refractivity contribution in [2.75, 3.05) is 14.1 Å². The van der Waals surface area contributed by atoms with Gasteiger partial charge < -0.3 is 10.6 Å². The van der Waals surface area contributed by atoms with Gasteiger partial charge >= 0.3 is 0 Å². The van der Waals surface area contributed by atoms with Crippen molar-refractivity contribution >= 4 is 16.8 Å². The summed E-state index contributed by atoms with van der Waals surface area (Å²) in [5.41, 5.74) is 9.24. The minimum absolute atomic E-state index is 0.204. The van der Waals surface area contributed by atoms with Crippen LogP contribution in [0, 0.1) is 0 Å². The van der Waals surface area contributed by atoms with Crippen molar-refractivity contribution in [2.45, 2.75) is 13.0 Å². The summed E-state index contributed by atoms with van der Waals surface area (Å²) in [4.78, 5) is 13.3. The van der Waals surface area contributed by atoms with Gasteiger partial charge in [-0.1, -0.05) is 30.3 Å². The highest BCUT2D eigenvalue weighted by atomic mass is 16.1. The molecule has 0 spiro atoms. The maximum absolute atomic E-state index is 11.2. The maximum atomic E-state index is 11.2. The van der Waals surface area contributed by atoms with Crippen LogP contribution < -0.4 is 5.73 Å². The van der Waals surface area contributed by atoms with Crippen LogP contribution in [0.3, 0.4) is 0 Å². The Morgan fingerprint density at radius 1 is 1.17 bits per heavy atom. The van der Waals surface area contributed by atoms with Crippen molar-refractivity contribution in [3.05, 3.63) is 59.8 Å². The molecule has 0 unspecified atom stereocenters. The molecule has 0 bridgehead atoms. The highest BCUT2D eigenvalue weighted by Crippen LogP contribution is 2.20. The molecule has 0 atom stereocenters. The van der Waals surface area contributed by atoms with E-state index in [0.717, 1.165) is 28.7 Å². The van der Waals surface area contributed by atoms with Crippen LogP contribution in [-0.4, -0.2) is 34.7 Å². The Kier molecular flexibility index (Phi) is 4.12. The number of hydrogen-bond acceptors (Lipinski definition) is 3. The van der Waals surface area contributed by atoms with Crippen LogP contribution in [0.15, 0.2) is 48.7 Å². The van der Waals surface area contributed by atoms with Gasteiger partial charge in [0.05, 0.1) is 17.6 Å². The van der Waals surface area contributed by atoms with Crippen molar-refractivity contribution in [1.82, 2.24) is 14.7 Å². The van der Waals surface area contributed by atoms with E-state index in [1.807, 2.05) is 43.2 Å². The number of primary amides is 1. The lowest BCUT2D eigenvalue weighted by atomic mass is 10.1. The molecule has 3 aromatic rings. The monoisotopic (exact) mass is 308 g/mol. The molecule has 2 aromatic carbocycles. The number of carbonyl (C=O) groups is 1. The van der Waals surface area contributed by atoms with Crippen molar-refractivity contribution in [2.24, 2.45) is 5.73 Å². The fraction of sp³-hybridized carbons (Fsp3) is 0.222. The van der Waals surface area contributed by atoms with Crippen LogP contribution >= 0.6 is 0 Å². The van der Waals surface area contributed by atoms with E-state index in [2.05, 4.69) is 34.3 Å². The van der Waals surface area contributed by atoms with Gasteiger partial charge in [0.1, 0.15) is 0 Å². The molecule has 23 heavy (non-hydrogen) atoms. The molecular weight excluding hydrogens is 288 g/mol. The molecular formula is C18H20N4O. The summed E-state index contributed by atoms with van der Waals surface area (Å²) >= 11 is 0. The van der Waals surface area contributed by atoms with Gasteiger partial charge in [-0.05, 0) is 37.4 Å². The second-order valence-electron chi connectivity index (χ2n) is 5.98. The molecule has 5 nitrogen and oxygen atoms in total. The second kappa shape index (κ2) is 6.22. The van der Waals surface area contributed by atoms with E-state index in [-0.39, 0.29) is 12.3 Å². The summed E-state index contributed by atoms with van der Waals surface area (Å²) < 4.78 is 1.84. The van der Waals surface area contributed by atoms with Crippen molar-refractivity contribution in [1.29, 1.82) is 0 Å². The van der Waals surface area contributed by atoms with Gasteiger partial charge in [-0.3, -0.25) is 4.79 Å². The number of amides is 1. The quantitative estimate of drug-likeness (QED) is 0.785. The molecule has 118 valence electrons. The molecule has 3 rings (SSSR count). The fourth-order valence-corrected chi connectivity index (χ4v) is 2.69. The zero-order chi connectivity index (χ0) is 16.4. The summed E-state index contributed by atoms with van der Waals surface area (Å²) in [6, 6.07) is 14.1. The molecule has 2 N–H and O–H groups in total. The third-order valence-electron chi connectivity index (χ3n) is 3.68. The van der Waals surface area contributed by atoms with Gasteiger partial charge in [0, 0.05) is 18.1 Å². The normalized spacial score (nSPS) is 11.3. The number of nitrogens with zero attached hydrogens (tertiary/aromatic N) is 3. The van der Waals surface area contributed by atoms with Crippen LogP contribution in [0.5, 0.6) is 0 Å². The third kappa shape index (κ3) is 3.40. The molecule has 0 radical (unpaired) electrons. The molecule has 1 heterocycles. The SMILES string of the molecule is CN(C)Cc1ccc(-n2cc3cccc(CC(N)=O)c3n2)cc1. The average Bonchev–Trinajstić information content (AvgIpc) is 2.92. The number of benzene rings is 2. The predicted octanol–water partition coefficient (Wildman–Crippen LogP) is 2.11. The van der Waals surface area contributed by atoms with E-state index in [9.17, 15) is 4.79 Å². The van der Waals surface area contributed by atoms with E-state index in [1.165, 1.54) is 5.56 Å². The Hall–Kier alpha value is -2.66. The molecule has 0 saturated carbocycles. The van der Waals surface area contributed by atoms with Gasteiger partial charge in [-0.25, -0.2) is 4.68 Å².